The first-order valence-electron chi connectivity index (χ1n) is 7.08. The summed E-state index contributed by atoms with van der Waals surface area (Å²) in [6.45, 7) is 6.08. The highest BCUT2D eigenvalue weighted by Gasteiger charge is 2.33. The van der Waals surface area contributed by atoms with Gasteiger partial charge in [0, 0.05) is 24.8 Å². The molecule has 0 spiro atoms. The molecule has 5 heteroatoms. The maximum Gasteiger partial charge on any atom is 0.416 e. The smallest absolute Gasteiger partial charge is 0.370 e. The molecule has 0 bridgehead atoms. The second kappa shape index (κ2) is 6.04. The molecule has 1 aliphatic heterocycles. The zero-order valence-electron chi connectivity index (χ0n) is 11.9. The van der Waals surface area contributed by atoms with Crippen LogP contribution in [0.2, 0.25) is 0 Å². The number of rotatable bonds is 2. The van der Waals surface area contributed by atoms with E-state index in [2.05, 4.69) is 17.1 Å². The van der Waals surface area contributed by atoms with Gasteiger partial charge >= 0.3 is 6.18 Å². The van der Waals surface area contributed by atoms with Crippen molar-refractivity contribution >= 4 is 5.69 Å². The van der Waals surface area contributed by atoms with Crippen LogP contribution in [0.3, 0.4) is 0 Å². The first-order chi connectivity index (χ1) is 9.41. The summed E-state index contributed by atoms with van der Waals surface area (Å²) in [5.74, 6) is 0. The molecule has 1 aliphatic rings. The van der Waals surface area contributed by atoms with Crippen LogP contribution in [0, 0.1) is 6.92 Å². The van der Waals surface area contributed by atoms with Crippen LogP contribution < -0.4 is 10.2 Å². The molecule has 1 heterocycles. The molecule has 0 aromatic heterocycles. The number of nitrogens with zero attached hydrogens (tertiary/aromatic N) is 1. The average molecular weight is 286 g/mol. The summed E-state index contributed by atoms with van der Waals surface area (Å²) >= 11 is 0. The summed E-state index contributed by atoms with van der Waals surface area (Å²) in [5, 5.41) is 3.42. The van der Waals surface area contributed by atoms with Crippen LogP contribution in [-0.2, 0) is 6.18 Å². The molecule has 1 N–H and O–H groups in total. The summed E-state index contributed by atoms with van der Waals surface area (Å²) in [7, 11) is 0. The van der Waals surface area contributed by atoms with Gasteiger partial charge in [-0.05, 0) is 44.0 Å². The number of alkyl halides is 3. The highest BCUT2D eigenvalue weighted by atomic mass is 19.4. The third-order valence-electron chi connectivity index (χ3n) is 3.86. The summed E-state index contributed by atoms with van der Waals surface area (Å²) in [5.41, 5.74) is 0.423. The number of anilines is 1. The van der Waals surface area contributed by atoms with Gasteiger partial charge in [0.25, 0.3) is 0 Å². The molecule has 2 nitrogen and oxygen atoms in total. The average Bonchev–Trinajstić information content (AvgIpc) is 2.63. The summed E-state index contributed by atoms with van der Waals surface area (Å²) in [6.07, 6.45) is -2.35. The quantitative estimate of drug-likeness (QED) is 0.893. The minimum absolute atomic E-state index is 0.279. The molecule has 0 aliphatic carbocycles. The SMILES string of the molecule is CCC1CN(c2ccc(C)c(C(F)(F)F)c2)CCCN1. The lowest BCUT2D eigenvalue weighted by Gasteiger charge is -2.27. The molecule has 1 aromatic carbocycles. The van der Waals surface area contributed by atoms with Crippen molar-refractivity contribution in [3.05, 3.63) is 29.3 Å². The van der Waals surface area contributed by atoms with Gasteiger partial charge in [-0.1, -0.05) is 13.0 Å². The van der Waals surface area contributed by atoms with E-state index < -0.39 is 11.7 Å². The second-order valence-electron chi connectivity index (χ2n) is 5.36. The van der Waals surface area contributed by atoms with Crippen molar-refractivity contribution in [2.75, 3.05) is 24.5 Å². The summed E-state index contributed by atoms with van der Waals surface area (Å²) < 4.78 is 39.0. The Morgan fingerprint density at radius 1 is 1.35 bits per heavy atom. The van der Waals surface area contributed by atoms with Crippen molar-refractivity contribution in [3.8, 4) is 0 Å². The Kier molecular flexibility index (Phi) is 4.58. The van der Waals surface area contributed by atoms with E-state index in [-0.39, 0.29) is 5.56 Å². The number of nitrogens with one attached hydrogen (secondary N) is 1. The second-order valence-corrected chi connectivity index (χ2v) is 5.36. The van der Waals surface area contributed by atoms with Crippen molar-refractivity contribution in [1.29, 1.82) is 0 Å². The zero-order chi connectivity index (χ0) is 14.8. The third-order valence-corrected chi connectivity index (χ3v) is 3.86. The van der Waals surface area contributed by atoms with Crippen LogP contribution >= 0.6 is 0 Å². The van der Waals surface area contributed by atoms with Crippen LogP contribution in [0.5, 0.6) is 0 Å². The van der Waals surface area contributed by atoms with Crippen molar-refractivity contribution in [1.82, 2.24) is 5.32 Å². The first kappa shape index (κ1) is 15.2. The highest BCUT2D eigenvalue weighted by molar-refractivity contribution is 5.52. The Morgan fingerprint density at radius 3 is 2.75 bits per heavy atom. The molecule has 2 rings (SSSR count). The highest BCUT2D eigenvalue weighted by Crippen LogP contribution is 2.34. The molecule has 20 heavy (non-hydrogen) atoms. The maximum atomic E-state index is 13.0. The Morgan fingerprint density at radius 2 is 2.10 bits per heavy atom. The van der Waals surface area contributed by atoms with Crippen molar-refractivity contribution in [2.24, 2.45) is 0 Å². The molecule has 0 saturated carbocycles. The molecule has 0 amide bonds. The number of benzene rings is 1. The van der Waals surface area contributed by atoms with Crippen molar-refractivity contribution in [2.45, 2.75) is 38.9 Å². The lowest BCUT2D eigenvalue weighted by atomic mass is 10.1. The van der Waals surface area contributed by atoms with Crippen LogP contribution in [0.4, 0.5) is 18.9 Å². The Hall–Kier alpha value is -1.23. The fraction of sp³-hybridized carbons (Fsp3) is 0.600. The minimum atomic E-state index is -4.28. The van der Waals surface area contributed by atoms with Gasteiger partial charge in [-0.25, -0.2) is 0 Å². The lowest BCUT2D eigenvalue weighted by molar-refractivity contribution is -0.138. The molecular formula is C15H21F3N2. The number of hydrogen-bond donors (Lipinski definition) is 1. The van der Waals surface area contributed by atoms with E-state index in [1.165, 1.54) is 13.0 Å². The topological polar surface area (TPSA) is 15.3 Å². The van der Waals surface area contributed by atoms with E-state index in [0.29, 0.717) is 11.7 Å². The molecule has 112 valence electrons. The third kappa shape index (κ3) is 3.45. The van der Waals surface area contributed by atoms with Gasteiger partial charge in [-0.2, -0.15) is 13.2 Å². The summed E-state index contributed by atoms with van der Waals surface area (Å²) in [4.78, 5) is 2.06. The molecule has 0 radical (unpaired) electrons. The number of hydrogen-bond acceptors (Lipinski definition) is 2. The Balaban J connectivity index is 2.27. The predicted octanol–water partition coefficient (Wildman–Crippen LogP) is 3.59. The number of aryl methyl sites for hydroxylation is 1. The number of halogens is 3. The van der Waals surface area contributed by atoms with E-state index in [1.807, 2.05) is 0 Å². The van der Waals surface area contributed by atoms with E-state index in [4.69, 9.17) is 0 Å². The molecule has 1 atom stereocenters. The van der Waals surface area contributed by atoms with Gasteiger partial charge in [-0.15, -0.1) is 0 Å². The monoisotopic (exact) mass is 286 g/mol. The fourth-order valence-corrected chi connectivity index (χ4v) is 2.62. The van der Waals surface area contributed by atoms with E-state index in [1.54, 1.807) is 12.1 Å². The molecular weight excluding hydrogens is 265 g/mol. The first-order valence-corrected chi connectivity index (χ1v) is 7.08. The van der Waals surface area contributed by atoms with E-state index in [9.17, 15) is 13.2 Å². The largest absolute Gasteiger partial charge is 0.416 e. The molecule has 1 unspecified atom stereocenters. The normalized spacial score (nSPS) is 20.9. The standard InChI is InChI=1S/C15H21F3N2/c1-3-12-10-20(8-4-7-19-12)13-6-5-11(2)14(9-13)15(16,17)18/h5-6,9,12,19H,3-4,7-8,10H2,1-2H3. The molecule has 1 fully saturated rings. The van der Waals surface area contributed by atoms with E-state index in [0.717, 1.165) is 32.5 Å². The molecule has 1 aromatic rings. The van der Waals surface area contributed by atoms with Gasteiger partial charge in [0.2, 0.25) is 0 Å². The van der Waals surface area contributed by atoms with Crippen LogP contribution in [0.1, 0.15) is 30.9 Å². The predicted molar refractivity (Wildman–Crippen MR) is 75.1 cm³/mol. The van der Waals surface area contributed by atoms with Gasteiger partial charge in [0.05, 0.1) is 5.56 Å². The van der Waals surface area contributed by atoms with Crippen LogP contribution in [-0.4, -0.2) is 25.7 Å². The minimum Gasteiger partial charge on any atom is -0.370 e. The Bertz CT molecular complexity index is 457. The van der Waals surface area contributed by atoms with Gasteiger partial charge in [0.1, 0.15) is 0 Å². The molecule has 1 saturated heterocycles. The van der Waals surface area contributed by atoms with Gasteiger partial charge in [0.15, 0.2) is 0 Å². The van der Waals surface area contributed by atoms with Crippen molar-refractivity contribution < 1.29 is 13.2 Å². The maximum absolute atomic E-state index is 13.0. The van der Waals surface area contributed by atoms with Crippen LogP contribution in [0.15, 0.2) is 18.2 Å². The lowest BCUT2D eigenvalue weighted by Crippen LogP contribution is -2.37. The van der Waals surface area contributed by atoms with E-state index >= 15 is 0 Å². The summed E-state index contributed by atoms with van der Waals surface area (Å²) in [6, 6.07) is 4.99. The zero-order valence-corrected chi connectivity index (χ0v) is 11.9. The Labute approximate surface area is 118 Å². The van der Waals surface area contributed by atoms with Gasteiger partial charge in [-0.3, -0.25) is 0 Å². The van der Waals surface area contributed by atoms with Gasteiger partial charge < -0.3 is 10.2 Å². The fourth-order valence-electron chi connectivity index (χ4n) is 2.62. The van der Waals surface area contributed by atoms with Crippen LogP contribution in [0.25, 0.3) is 0 Å². The van der Waals surface area contributed by atoms with Crippen molar-refractivity contribution in [3.63, 3.8) is 0 Å².